The maximum absolute atomic E-state index is 13.3. The standard InChI is InChI=1S/C20H20ClFN4/c1-13(2)25-20-10-16(17(21)12-24-20)18-7-4-8-19(26-18)23-11-14-5-3-6-15(22)9-14/h3-10,12-13H,11H2,1-2H3,(H,23,26)(H,24,25). The van der Waals surface area contributed by atoms with Crippen LogP contribution in [0.2, 0.25) is 5.02 Å². The zero-order valence-corrected chi connectivity index (χ0v) is 15.4. The quantitative estimate of drug-likeness (QED) is 0.612. The van der Waals surface area contributed by atoms with Crippen molar-refractivity contribution in [3.8, 4) is 11.3 Å². The van der Waals surface area contributed by atoms with Crippen LogP contribution in [0, 0.1) is 5.82 Å². The first-order valence-corrected chi connectivity index (χ1v) is 8.77. The molecular weight excluding hydrogens is 351 g/mol. The number of hydrogen-bond acceptors (Lipinski definition) is 4. The van der Waals surface area contributed by atoms with E-state index in [9.17, 15) is 4.39 Å². The summed E-state index contributed by atoms with van der Waals surface area (Å²) < 4.78 is 13.3. The summed E-state index contributed by atoms with van der Waals surface area (Å²) in [5.41, 5.74) is 2.40. The molecule has 0 aliphatic rings. The number of aromatic nitrogens is 2. The minimum Gasteiger partial charge on any atom is -0.368 e. The van der Waals surface area contributed by atoms with E-state index in [0.29, 0.717) is 17.4 Å². The van der Waals surface area contributed by atoms with Gasteiger partial charge in [-0.2, -0.15) is 0 Å². The minimum absolute atomic E-state index is 0.250. The van der Waals surface area contributed by atoms with E-state index < -0.39 is 0 Å². The highest BCUT2D eigenvalue weighted by atomic mass is 35.5. The van der Waals surface area contributed by atoms with Crippen LogP contribution in [-0.2, 0) is 6.54 Å². The Hall–Kier alpha value is -2.66. The average molecular weight is 371 g/mol. The second-order valence-electron chi connectivity index (χ2n) is 6.24. The fraction of sp³-hybridized carbons (Fsp3) is 0.200. The third-order valence-corrected chi connectivity index (χ3v) is 3.98. The molecule has 1 aromatic carbocycles. The van der Waals surface area contributed by atoms with Crippen LogP contribution in [0.5, 0.6) is 0 Å². The van der Waals surface area contributed by atoms with E-state index >= 15 is 0 Å². The van der Waals surface area contributed by atoms with Gasteiger partial charge in [-0.3, -0.25) is 0 Å². The SMILES string of the molecule is CC(C)Nc1cc(-c2cccc(NCc3cccc(F)c3)n2)c(Cl)cn1. The van der Waals surface area contributed by atoms with Gasteiger partial charge in [0.25, 0.3) is 0 Å². The van der Waals surface area contributed by atoms with Crippen molar-refractivity contribution in [3.05, 3.63) is 71.1 Å². The van der Waals surface area contributed by atoms with Gasteiger partial charge in [0.15, 0.2) is 0 Å². The molecule has 0 aliphatic heterocycles. The molecule has 0 atom stereocenters. The van der Waals surface area contributed by atoms with Crippen LogP contribution in [0.15, 0.2) is 54.7 Å². The monoisotopic (exact) mass is 370 g/mol. The van der Waals surface area contributed by atoms with Crippen LogP contribution in [0.1, 0.15) is 19.4 Å². The number of nitrogens with one attached hydrogen (secondary N) is 2. The molecule has 0 saturated heterocycles. The summed E-state index contributed by atoms with van der Waals surface area (Å²) in [7, 11) is 0. The predicted octanol–water partition coefficient (Wildman–Crippen LogP) is 5.37. The number of pyridine rings is 2. The number of anilines is 2. The second kappa shape index (κ2) is 8.15. The Labute approximate surface area is 157 Å². The van der Waals surface area contributed by atoms with E-state index in [1.165, 1.54) is 12.1 Å². The number of hydrogen-bond donors (Lipinski definition) is 2. The Morgan fingerprint density at radius 2 is 1.88 bits per heavy atom. The van der Waals surface area contributed by atoms with E-state index in [4.69, 9.17) is 11.6 Å². The normalized spacial score (nSPS) is 10.8. The molecule has 0 spiro atoms. The molecule has 0 saturated carbocycles. The first-order valence-electron chi connectivity index (χ1n) is 8.39. The van der Waals surface area contributed by atoms with Crippen LogP contribution in [0.3, 0.4) is 0 Å². The van der Waals surface area contributed by atoms with E-state index in [1.54, 1.807) is 12.3 Å². The van der Waals surface area contributed by atoms with Gasteiger partial charge >= 0.3 is 0 Å². The molecule has 0 amide bonds. The number of nitrogens with zero attached hydrogens (tertiary/aromatic N) is 2. The molecule has 0 bridgehead atoms. The Bertz CT molecular complexity index is 898. The van der Waals surface area contributed by atoms with E-state index in [-0.39, 0.29) is 11.9 Å². The predicted molar refractivity (Wildman–Crippen MR) is 105 cm³/mol. The lowest BCUT2D eigenvalue weighted by Crippen LogP contribution is -2.11. The Morgan fingerprint density at radius 1 is 1.08 bits per heavy atom. The topological polar surface area (TPSA) is 49.8 Å². The fourth-order valence-electron chi connectivity index (χ4n) is 2.53. The minimum atomic E-state index is -0.250. The largest absolute Gasteiger partial charge is 0.368 e. The van der Waals surface area contributed by atoms with Crippen molar-refractivity contribution in [2.24, 2.45) is 0 Å². The summed E-state index contributed by atoms with van der Waals surface area (Å²) in [6.07, 6.45) is 1.62. The Kier molecular flexibility index (Phi) is 5.68. The molecule has 0 aliphatic carbocycles. The van der Waals surface area contributed by atoms with Crippen molar-refractivity contribution >= 4 is 23.2 Å². The maximum Gasteiger partial charge on any atom is 0.126 e. The van der Waals surface area contributed by atoms with Crippen LogP contribution in [-0.4, -0.2) is 16.0 Å². The van der Waals surface area contributed by atoms with Gasteiger partial charge in [0.1, 0.15) is 17.5 Å². The zero-order valence-electron chi connectivity index (χ0n) is 14.6. The van der Waals surface area contributed by atoms with Gasteiger partial charge < -0.3 is 10.6 Å². The maximum atomic E-state index is 13.3. The summed E-state index contributed by atoms with van der Waals surface area (Å²) in [6, 6.07) is 14.3. The van der Waals surface area contributed by atoms with Gasteiger partial charge in [0, 0.05) is 24.3 Å². The molecule has 2 aromatic heterocycles. The lowest BCUT2D eigenvalue weighted by atomic mass is 10.1. The van der Waals surface area contributed by atoms with E-state index in [0.717, 1.165) is 22.6 Å². The van der Waals surface area contributed by atoms with Gasteiger partial charge in [0.2, 0.25) is 0 Å². The number of rotatable bonds is 6. The second-order valence-corrected chi connectivity index (χ2v) is 6.65. The highest BCUT2D eigenvalue weighted by Gasteiger charge is 2.09. The molecule has 0 unspecified atom stereocenters. The average Bonchev–Trinajstić information content (AvgIpc) is 2.61. The van der Waals surface area contributed by atoms with E-state index in [1.807, 2.05) is 44.2 Å². The van der Waals surface area contributed by atoms with Gasteiger partial charge in [0.05, 0.1) is 10.7 Å². The highest BCUT2D eigenvalue weighted by Crippen LogP contribution is 2.29. The van der Waals surface area contributed by atoms with Crippen molar-refractivity contribution in [2.45, 2.75) is 26.4 Å². The molecule has 26 heavy (non-hydrogen) atoms. The van der Waals surface area contributed by atoms with Crippen molar-refractivity contribution in [1.82, 2.24) is 9.97 Å². The summed E-state index contributed by atoms with van der Waals surface area (Å²) in [5.74, 6) is 1.19. The van der Waals surface area contributed by atoms with Crippen molar-refractivity contribution in [3.63, 3.8) is 0 Å². The number of halogens is 2. The molecule has 134 valence electrons. The van der Waals surface area contributed by atoms with Crippen LogP contribution >= 0.6 is 11.6 Å². The molecule has 3 rings (SSSR count). The molecular formula is C20H20ClFN4. The summed E-state index contributed by atoms with van der Waals surface area (Å²) in [4.78, 5) is 8.91. The molecule has 2 N–H and O–H groups in total. The van der Waals surface area contributed by atoms with Gasteiger partial charge in [-0.15, -0.1) is 0 Å². The molecule has 0 fully saturated rings. The smallest absolute Gasteiger partial charge is 0.126 e. The molecule has 6 heteroatoms. The lowest BCUT2D eigenvalue weighted by molar-refractivity contribution is 0.626. The summed E-state index contributed by atoms with van der Waals surface area (Å²) >= 11 is 6.32. The fourth-order valence-corrected chi connectivity index (χ4v) is 2.73. The lowest BCUT2D eigenvalue weighted by Gasteiger charge is -2.12. The first kappa shape index (κ1) is 18.1. The van der Waals surface area contributed by atoms with Crippen LogP contribution in [0.25, 0.3) is 11.3 Å². The molecule has 3 aromatic rings. The summed E-state index contributed by atoms with van der Waals surface area (Å²) in [6.45, 7) is 4.58. The van der Waals surface area contributed by atoms with Gasteiger partial charge in [-0.05, 0) is 49.7 Å². The highest BCUT2D eigenvalue weighted by molar-refractivity contribution is 6.33. The molecule has 0 radical (unpaired) electrons. The van der Waals surface area contributed by atoms with Gasteiger partial charge in [-0.25, -0.2) is 14.4 Å². The Morgan fingerprint density at radius 3 is 2.65 bits per heavy atom. The Balaban J connectivity index is 1.80. The van der Waals surface area contributed by atoms with Crippen molar-refractivity contribution in [1.29, 1.82) is 0 Å². The first-order chi connectivity index (χ1) is 12.5. The van der Waals surface area contributed by atoms with Crippen LogP contribution < -0.4 is 10.6 Å². The third-order valence-electron chi connectivity index (χ3n) is 3.68. The molecule has 2 heterocycles. The number of benzene rings is 1. The zero-order chi connectivity index (χ0) is 18.5. The molecule has 4 nitrogen and oxygen atoms in total. The van der Waals surface area contributed by atoms with Crippen molar-refractivity contribution in [2.75, 3.05) is 10.6 Å². The third kappa shape index (κ3) is 4.70. The van der Waals surface area contributed by atoms with Gasteiger partial charge in [-0.1, -0.05) is 29.8 Å². The van der Waals surface area contributed by atoms with Crippen LogP contribution in [0.4, 0.5) is 16.0 Å². The van der Waals surface area contributed by atoms with E-state index in [2.05, 4.69) is 20.6 Å². The van der Waals surface area contributed by atoms with Crippen molar-refractivity contribution < 1.29 is 4.39 Å². The summed E-state index contributed by atoms with van der Waals surface area (Å²) in [5, 5.41) is 7.01.